The van der Waals surface area contributed by atoms with E-state index in [1.807, 2.05) is 20.8 Å². The Hall–Kier alpha value is -1.58. The SMILES string of the molecule is CC1=C[C@H](OC(=O)[C@H](C)Cc2c(C)noc2C)CC(C)(C)C1. The summed E-state index contributed by atoms with van der Waals surface area (Å²) in [6.45, 7) is 12.2. The van der Waals surface area contributed by atoms with Gasteiger partial charge in [-0.1, -0.05) is 31.5 Å². The number of nitrogens with zero attached hydrogens (tertiary/aromatic N) is 1. The molecule has 0 spiro atoms. The van der Waals surface area contributed by atoms with Crippen molar-refractivity contribution in [2.24, 2.45) is 11.3 Å². The zero-order valence-electron chi connectivity index (χ0n) is 14.5. The first-order valence-electron chi connectivity index (χ1n) is 7.97. The van der Waals surface area contributed by atoms with Crippen LogP contribution in [-0.4, -0.2) is 17.2 Å². The Morgan fingerprint density at radius 3 is 2.68 bits per heavy atom. The lowest BCUT2D eigenvalue weighted by atomic mass is 9.76. The number of carbonyl (C=O) groups is 1. The smallest absolute Gasteiger partial charge is 0.309 e. The van der Waals surface area contributed by atoms with Crippen LogP contribution in [0.2, 0.25) is 0 Å². The number of rotatable bonds is 4. The van der Waals surface area contributed by atoms with Crippen molar-refractivity contribution >= 4 is 5.97 Å². The van der Waals surface area contributed by atoms with Crippen LogP contribution < -0.4 is 0 Å². The molecule has 0 saturated heterocycles. The Kier molecular flexibility index (Phi) is 4.78. The van der Waals surface area contributed by atoms with E-state index in [-0.39, 0.29) is 23.4 Å². The van der Waals surface area contributed by atoms with Crippen molar-refractivity contribution in [3.8, 4) is 0 Å². The lowest BCUT2D eigenvalue weighted by molar-refractivity contribution is -0.152. The second-order valence-electron chi connectivity index (χ2n) is 7.44. The summed E-state index contributed by atoms with van der Waals surface area (Å²) in [7, 11) is 0. The number of allylic oxidation sites excluding steroid dienone is 1. The summed E-state index contributed by atoms with van der Waals surface area (Å²) in [5.41, 5.74) is 3.36. The van der Waals surface area contributed by atoms with Gasteiger partial charge in [0.2, 0.25) is 0 Å². The van der Waals surface area contributed by atoms with Crippen LogP contribution in [0.3, 0.4) is 0 Å². The van der Waals surface area contributed by atoms with E-state index in [4.69, 9.17) is 9.26 Å². The maximum absolute atomic E-state index is 12.4. The fourth-order valence-corrected chi connectivity index (χ4v) is 3.33. The summed E-state index contributed by atoms with van der Waals surface area (Å²) in [4.78, 5) is 12.4. The largest absolute Gasteiger partial charge is 0.458 e. The van der Waals surface area contributed by atoms with Gasteiger partial charge in [0, 0.05) is 5.56 Å². The zero-order chi connectivity index (χ0) is 16.5. The van der Waals surface area contributed by atoms with Gasteiger partial charge in [0.1, 0.15) is 11.9 Å². The van der Waals surface area contributed by atoms with Gasteiger partial charge >= 0.3 is 5.97 Å². The van der Waals surface area contributed by atoms with Gasteiger partial charge in [-0.25, -0.2) is 0 Å². The van der Waals surface area contributed by atoms with E-state index in [0.29, 0.717) is 6.42 Å². The van der Waals surface area contributed by atoms with Crippen molar-refractivity contribution in [1.29, 1.82) is 0 Å². The van der Waals surface area contributed by atoms with E-state index < -0.39 is 0 Å². The molecule has 4 nitrogen and oxygen atoms in total. The number of esters is 1. The summed E-state index contributed by atoms with van der Waals surface area (Å²) >= 11 is 0. The number of aromatic nitrogens is 1. The van der Waals surface area contributed by atoms with Gasteiger partial charge in [0.15, 0.2) is 0 Å². The van der Waals surface area contributed by atoms with Crippen LogP contribution >= 0.6 is 0 Å². The molecule has 0 saturated carbocycles. The lowest BCUT2D eigenvalue weighted by Crippen LogP contribution is -2.30. The second-order valence-corrected chi connectivity index (χ2v) is 7.44. The summed E-state index contributed by atoms with van der Waals surface area (Å²) in [5, 5.41) is 3.94. The van der Waals surface area contributed by atoms with Gasteiger partial charge in [0.05, 0.1) is 11.6 Å². The molecule has 0 bridgehead atoms. The van der Waals surface area contributed by atoms with Crippen molar-refractivity contribution in [2.75, 3.05) is 0 Å². The average molecular weight is 305 g/mol. The third-order valence-electron chi connectivity index (χ3n) is 4.34. The topological polar surface area (TPSA) is 52.3 Å². The van der Waals surface area contributed by atoms with Gasteiger partial charge in [0.25, 0.3) is 0 Å². The van der Waals surface area contributed by atoms with Crippen LogP contribution in [0.15, 0.2) is 16.2 Å². The first-order valence-corrected chi connectivity index (χ1v) is 7.97. The Bertz CT molecular complexity index is 564. The van der Waals surface area contributed by atoms with Crippen LogP contribution in [0.4, 0.5) is 0 Å². The molecule has 0 radical (unpaired) electrons. The summed E-state index contributed by atoms with van der Waals surface area (Å²) in [5.74, 6) is 0.439. The normalized spacial score (nSPS) is 22.1. The summed E-state index contributed by atoms with van der Waals surface area (Å²) < 4.78 is 10.9. The van der Waals surface area contributed by atoms with Gasteiger partial charge in [-0.3, -0.25) is 4.79 Å². The standard InChI is InChI=1S/C18H27NO3/c1-11-7-15(10-18(5,6)9-11)21-17(20)12(2)8-16-13(3)19-22-14(16)4/h7,12,15H,8-10H2,1-6H3/t12-,15+/m1/s1. The number of aryl methyl sites for hydroxylation is 2. The summed E-state index contributed by atoms with van der Waals surface area (Å²) in [6.07, 6.45) is 4.54. The molecule has 0 amide bonds. The predicted octanol–water partition coefficient (Wildman–Crippen LogP) is 4.15. The van der Waals surface area contributed by atoms with E-state index in [1.165, 1.54) is 5.57 Å². The Labute approximate surface area is 132 Å². The van der Waals surface area contributed by atoms with Crippen molar-refractivity contribution in [3.05, 3.63) is 28.7 Å². The number of ether oxygens (including phenoxy) is 1. The van der Waals surface area contributed by atoms with Gasteiger partial charge in [-0.2, -0.15) is 0 Å². The highest BCUT2D eigenvalue weighted by Crippen LogP contribution is 2.36. The predicted molar refractivity (Wildman–Crippen MR) is 85.5 cm³/mol. The molecule has 1 aliphatic rings. The maximum atomic E-state index is 12.4. The van der Waals surface area contributed by atoms with Crippen molar-refractivity contribution in [2.45, 2.75) is 66.9 Å². The Morgan fingerprint density at radius 1 is 1.45 bits per heavy atom. The Balaban J connectivity index is 1.99. The fourth-order valence-electron chi connectivity index (χ4n) is 3.33. The van der Waals surface area contributed by atoms with Gasteiger partial charge < -0.3 is 9.26 Å². The van der Waals surface area contributed by atoms with Crippen molar-refractivity contribution in [1.82, 2.24) is 5.16 Å². The molecule has 2 atom stereocenters. The molecular weight excluding hydrogens is 278 g/mol. The highest BCUT2D eigenvalue weighted by molar-refractivity contribution is 5.72. The molecule has 1 aliphatic carbocycles. The van der Waals surface area contributed by atoms with Crippen LogP contribution in [0.5, 0.6) is 0 Å². The zero-order valence-corrected chi connectivity index (χ0v) is 14.5. The van der Waals surface area contributed by atoms with E-state index in [2.05, 4.69) is 32.0 Å². The first kappa shape index (κ1) is 16.8. The van der Waals surface area contributed by atoms with Gasteiger partial charge in [-0.15, -0.1) is 0 Å². The quantitative estimate of drug-likeness (QED) is 0.619. The molecule has 0 unspecified atom stereocenters. The van der Waals surface area contributed by atoms with Crippen LogP contribution in [0.25, 0.3) is 0 Å². The van der Waals surface area contributed by atoms with E-state index in [0.717, 1.165) is 29.9 Å². The van der Waals surface area contributed by atoms with E-state index >= 15 is 0 Å². The van der Waals surface area contributed by atoms with E-state index in [1.54, 1.807) is 0 Å². The molecule has 1 heterocycles. The van der Waals surface area contributed by atoms with Gasteiger partial charge in [-0.05, 0) is 51.5 Å². The van der Waals surface area contributed by atoms with Crippen LogP contribution in [0.1, 0.15) is 57.6 Å². The Morgan fingerprint density at radius 2 is 2.14 bits per heavy atom. The average Bonchev–Trinajstić information content (AvgIpc) is 2.67. The highest BCUT2D eigenvalue weighted by atomic mass is 16.5. The van der Waals surface area contributed by atoms with Crippen molar-refractivity contribution < 1.29 is 14.1 Å². The number of carbonyl (C=O) groups excluding carboxylic acids is 1. The molecule has 0 N–H and O–H groups in total. The molecular formula is C18H27NO3. The lowest BCUT2D eigenvalue weighted by Gasteiger charge is -2.33. The van der Waals surface area contributed by atoms with Crippen molar-refractivity contribution in [3.63, 3.8) is 0 Å². The monoisotopic (exact) mass is 305 g/mol. The van der Waals surface area contributed by atoms with Crippen LogP contribution in [-0.2, 0) is 16.0 Å². The van der Waals surface area contributed by atoms with Crippen LogP contribution in [0, 0.1) is 25.2 Å². The van der Waals surface area contributed by atoms with E-state index in [9.17, 15) is 4.79 Å². The molecule has 0 aromatic carbocycles. The fraction of sp³-hybridized carbons (Fsp3) is 0.667. The third-order valence-corrected chi connectivity index (χ3v) is 4.34. The minimum Gasteiger partial charge on any atom is -0.458 e. The minimum atomic E-state index is -0.199. The molecule has 122 valence electrons. The number of hydrogen-bond donors (Lipinski definition) is 0. The molecule has 1 aromatic heterocycles. The molecule has 0 fully saturated rings. The first-order chi connectivity index (χ1) is 10.2. The molecule has 0 aliphatic heterocycles. The molecule has 1 aromatic rings. The molecule has 4 heteroatoms. The highest BCUT2D eigenvalue weighted by Gasteiger charge is 2.30. The number of hydrogen-bond acceptors (Lipinski definition) is 4. The third kappa shape index (κ3) is 3.99. The minimum absolute atomic E-state index is 0.108. The second kappa shape index (κ2) is 6.27. The molecule has 2 rings (SSSR count). The molecule has 22 heavy (non-hydrogen) atoms. The maximum Gasteiger partial charge on any atom is 0.309 e. The summed E-state index contributed by atoms with van der Waals surface area (Å²) in [6, 6.07) is 0.